The van der Waals surface area contributed by atoms with Gasteiger partial charge in [-0.25, -0.2) is 13.6 Å². The molecule has 0 fully saturated rings. The first-order valence-corrected chi connectivity index (χ1v) is 5.56. The second-order valence-corrected chi connectivity index (χ2v) is 4.59. The fourth-order valence-electron chi connectivity index (χ4n) is 1.37. The topological polar surface area (TPSA) is 115 Å². The van der Waals surface area contributed by atoms with Crippen molar-refractivity contribution < 1.29 is 18.3 Å². The molecule has 1 heterocycles. The fraction of sp³-hybridized carbons (Fsp3) is 0.429. The highest BCUT2D eigenvalue weighted by Gasteiger charge is 2.21. The van der Waals surface area contributed by atoms with Gasteiger partial charge in [0.2, 0.25) is 10.0 Å². The Morgan fingerprint density at radius 3 is 2.40 bits per heavy atom. The van der Waals surface area contributed by atoms with Crippen LogP contribution < -0.4 is 5.14 Å². The van der Waals surface area contributed by atoms with Crippen LogP contribution in [-0.4, -0.2) is 29.3 Å². The number of aryl methyl sites for hydroxylation is 1. The van der Waals surface area contributed by atoms with Crippen molar-refractivity contribution >= 4 is 16.0 Å². The molecule has 0 aliphatic rings. The van der Waals surface area contributed by atoms with Gasteiger partial charge in [-0.15, -0.1) is 0 Å². The third kappa shape index (κ3) is 2.34. The molecule has 0 aliphatic heterocycles. The Kier molecular flexibility index (Phi) is 2.82. The van der Waals surface area contributed by atoms with Crippen LogP contribution in [0.5, 0.6) is 0 Å². The summed E-state index contributed by atoms with van der Waals surface area (Å²) >= 11 is 0. The Hall–Kier alpha value is -1.41. The maximum Gasteiger partial charge on any atom is 0.325 e. The summed E-state index contributed by atoms with van der Waals surface area (Å²) in [5.41, 5.74) is 0.439. The zero-order valence-corrected chi connectivity index (χ0v) is 9.08. The lowest BCUT2D eigenvalue weighted by molar-refractivity contribution is -0.137. The maximum absolute atomic E-state index is 11.2. The van der Waals surface area contributed by atoms with Crippen molar-refractivity contribution in [2.24, 2.45) is 5.14 Å². The number of nitrogens with two attached hydrogens (primary N) is 1. The van der Waals surface area contributed by atoms with Crippen molar-refractivity contribution in [2.45, 2.75) is 25.3 Å². The number of aromatic nitrogens is 2. The molecule has 0 aromatic carbocycles. The van der Waals surface area contributed by atoms with Crippen molar-refractivity contribution in [1.82, 2.24) is 9.78 Å². The van der Waals surface area contributed by atoms with Gasteiger partial charge < -0.3 is 5.11 Å². The largest absolute Gasteiger partial charge is 0.480 e. The molecule has 1 aromatic rings. The molecule has 3 N–H and O–H groups in total. The van der Waals surface area contributed by atoms with E-state index in [-0.39, 0.29) is 22.8 Å². The minimum absolute atomic E-state index is 0.108. The molecule has 0 spiro atoms. The van der Waals surface area contributed by atoms with Crippen molar-refractivity contribution in [3.05, 3.63) is 11.4 Å². The third-order valence-corrected chi connectivity index (χ3v) is 3.04. The van der Waals surface area contributed by atoms with E-state index in [2.05, 4.69) is 5.10 Å². The van der Waals surface area contributed by atoms with Gasteiger partial charge in [0, 0.05) is 0 Å². The molecule has 0 radical (unpaired) electrons. The summed E-state index contributed by atoms with van der Waals surface area (Å²) < 4.78 is 23.4. The van der Waals surface area contributed by atoms with E-state index in [9.17, 15) is 13.2 Å². The molecule has 0 unspecified atom stereocenters. The molecule has 0 amide bonds. The van der Waals surface area contributed by atoms with Gasteiger partial charge in [-0.2, -0.15) is 5.10 Å². The molecular weight excluding hydrogens is 222 g/mol. The normalized spacial score (nSPS) is 11.7. The molecule has 0 bridgehead atoms. The predicted octanol–water partition coefficient (Wildman–Crippen LogP) is -0.768. The molecule has 7 nitrogen and oxygen atoms in total. The van der Waals surface area contributed by atoms with Gasteiger partial charge in [0.15, 0.2) is 0 Å². The Labute approximate surface area is 86.6 Å². The van der Waals surface area contributed by atoms with Gasteiger partial charge in [0.1, 0.15) is 11.4 Å². The van der Waals surface area contributed by atoms with E-state index >= 15 is 0 Å². The van der Waals surface area contributed by atoms with E-state index in [1.54, 1.807) is 0 Å². The zero-order chi connectivity index (χ0) is 11.8. The first-order chi connectivity index (χ1) is 6.73. The maximum atomic E-state index is 11.2. The van der Waals surface area contributed by atoms with Gasteiger partial charge in [-0.05, 0) is 13.8 Å². The number of hydrogen-bond acceptors (Lipinski definition) is 4. The van der Waals surface area contributed by atoms with Crippen molar-refractivity contribution in [3.63, 3.8) is 0 Å². The summed E-state index contributed by atoms with van der Waals surface area (Å²) in [6.07, 6.45) is 0. The highest BCUT2D eigenvalue weighted by molar-refractivity contribution is 7.89. The molecule has 0 aliphatic carbocycles. The lowest BCUT2D eigenvalue weighted by atomic mass is 10.4. The molecule has 8 heteroatoms. The first-order valence-electron chi connectivity index (χ1n) is 4.02. The van der Waals surface area contributed by atoms with Crippen LogP contribution in [0.2, 0.25) is 0 Å². The van der Waals surface area contributed by atoms with E-state index in [0.717, 1.165) is 4.68 Å². The molecule has 1 aromatic heterocycles. The monoisotopic (exact) mass is 233 g/mol. The Bertz CT molecular complexity index is 503. The third-order valence-electron chi connectivity index (χ3n) is 1.88. The standard InChI is InChI=1S/C7H11N3O4S/c1-4-7(15(8,13)14)5(2)10(9-4)3-6(11)12/h3H2,1-2H3,(H,11,12)(H2,8,13,14). The summed E-state index contributed by atoms with van der Waals surface area (Å²) in [4.78, 5) is 10.3. The second kappa shape index (κ2) is 3.63. The molecule has 0 atom stereocenters. The minimum atomic E-state index is -3.86. The number of carboxylic acid groups (broad SMARTS) is 1. The quantitative estimate of drug-likeness (QED) is 0.711. The second-order valence-electron chi connectivity index (χ2n) is 3.10. The van der Waals surface area contributed by atoms with Crippen LogP contribution in [0.3, 0.4) is 0 Å². The van der Waals surface area contributed by atoms with Gasteiger partial charge in [-0.1, -0.05) is 0 Å². The fourth-order valence-corrected chi connectivity index (χ4v) is 2.34. The SMILES string of the molecule is Cc1nn(CC(=O)O)c(C)c1S(N)(=O)=O. The smallest absolute Gasteiger partial charge is 0.325 e. The lowest BCUT2D eigenvalue weighted by Gasteiger charge is -2.00. The number of primary sulfonamides is 1. The summed E-state index contributed by atoms with van der Waals surface area (Å²) in [6, 6.07) is 0. The first kappa shape index (κ1) is 11.7. The van der Waals surface area contributed by atoms with E-state index < -0.39 is 16.0 Å². The molecule has 0 saturated heterocycles. The van der Waals surface area contributed by atoms with Crippen LogP contribution in [0.1, 0.15) is 11.4 Å². The molecule has 15 heavy (non-hydrogen) atoms. The van der Waals surface area contributed by atoms with Gasteiger partial charge in [0.05, 0.1) is 11.4 Å². The summed E-state index contributed by atoms with van der Waals surface area (Å²) in [6.45, 7) is 2.54. The molecular formula is C7H11N3O4S. The van der Waals surface area contributed by atoms with Gasteiger partial charge >= 0.3 is 5.97 Å². The van der Waals surface area contributed by atoms with Crippen LogP contribution in [0.4, 0.5) is 0 Å². The van der Waals surface area contributed by atoms with Gasteiger partial charge in [0.25, 0.3) is 0 Å². The molecule has 84 valence electrons. The summed E-state index contributed by atoms with van der Waals surface area (Å²) in [5, 5.41) is 17.3. The molecule has 1 rings (SSSR count). The van der Waals surface area contributed by atoms with Crippen LogP contribution in [0.15, 0.2) is 4.90 Å². The lowest BCUT2D eigenvalue weighted by Crippen LogP contribution is -2.15. The number of rotatable bonds is 3. The number of hydrogen-bond donors (Lipinski definition) is 2. The Balaban J connectivity index is 3.33. The highest BCUT2D eigenvalue weighted by atomic mass is 32.2. The van der Waals surface area contributed by atoms with Crippen molar-refractivity contribution in [1.29, 1.82) is 0 Å². The van der Waals surface area contributed by atoms with E-state index in [4.69, 9.17) is 10.2 Å². The van der Waals surface area contributed by atoms with E-state index in [0.29, 0.717) is 0 Å². The number of carbonyl (C=O) groups is 1. The van der Waals surface area contributed by atoms with Crippen LogP contribution in [-0.2, 0) is 21.4 Å². The van der Waals surface area contributed by atoms with E-state index in [1.807, 2.05) is 0 Å². The van der Waals surface area contributed by atoms with Crippen molar-refractivity contribution in [3.8, 4) is 0 Å². The van der Waals surface area contributed by atoms with Crippen LogP contribution in [0, 0.1) is 13.8 Å². The number of carboxylic acids is 1. The predicted molar refractivity (Wildman–Crippen MR) is 50.7 cm³/mol. The Morgan fingerprint density at radius 1 is 1.53 bits per heavy atom. The zero-order valence-electron chi connectivity index (χ0n) is 8.26. The summed E-state index contributed by atoms with van der Waals surface area (Å²) in [5.74, 6) is -1.10. The number of nitrogens with zero attached hydrogens (tertiary/aromatic N) is 2. The molecule has 0 saturated carbocycles. The highest BCUT2D eigenvalue weighted by Crippen LogP contribution is 2.17. The average Bonchev–Trinajstić information content (AvgIpc) is 2.23. The van der Waals surface area contributed by atoms with Crippen LogP contribution >= 0.6 is 0 Å². The average molecular weight is 233 g/mol. The minimum Gasteiger partial charge on any atom is -0.480 e. The Morgan fingerprint density at radius 2 is 2.07 bits per heavy atom. The number of sulfonamides is 1. The van der Waals surface area contributed by atoms with Crippen LogP contribution in [0.25, 0.3) is 0 Å². The van der Waals surface area contributed by atoms with E-state index in [1.165, 1.54) is 13.8 Å². The van der Waals surface area contributed by atoms with Crippen molar-refractivity contribution in [2.75, 3.05) is 0 Å². The number of aliphatic carboxylic acids is 1. The summed E-state index contributed by atoms with van der Waals surface area (Å²) in [7, 11) is -3.86. The van der Waals surface area contributed by atoms with Gasteiger partial charge in [-0.3, -0.25) is 9.48 Å².